The monoisotopic (exact) mass is 561 g/mol. The van der Waals surface area contributed by atoms with Gasteiger partial charge in [-0.05, 0) is 67.4 Å². The Bertz CT molecular complexity index is 1740. The molecule has 3 aromatic heterocycles. The van der Waals surface area contributed by atoms with Crippen molar-refractivity contribution in [3.05, 3.63) is 94.9 Å². The summed E-state index contributed by atoms with van der Waals surface area (Å²) in [6, 6.07) is 15.7. The van der Waals surface area contributed by atoms with E-state index in [0.29, 0.717) is 28.5 Å². The Labute approximate surface area is 245 Å². The summed E-state index contributed by atoms with van der Waals surface area (Å²) < 4.78 is 8.10. The number of ketones is 1. The standard InChI is InChI=1S/C33H35N7O2/c1-22-5-6-24(18-29(41)26-7-8-27(23(2)17-26)21-40-15-13-38(3)14-16-40)19-30(22)42-33-28-20-35-39(4)32(28)36-31(37-33)25-9-11-34-12-10-25/h5-12,17,19-20H,13-16,18,21H2,1-4H3. The van der Waals surface area contributed by atoms with Gasteiger partial charge in [0.15, 0.2) is 17.3 Å². The van der Waals surface area contributed by atoms with Crippen molar-refractivity contribution in [2.45, 2.75) is 26.8 Å². The second-order valence-corrected chi connectivity index (χ2v) is 11.1. The van der Waals surface area contributed by atoms with Gasteiger partial charge in [-0.15, -0.1) is 0 Å². The molecule has 9 nitrogen and oxygen atoms in total. The molecule has 5 aromatic rings. The Morgan fingerprint density at radius 3 is 2.45 bits per heavy atom. The van der Waals surface area contributed by atoms with Gasteiger partial charge in [0.05, 0.1) is 6.20 Å². The number of hydrogen-bond acceptors (Lipinski definition) is 8. The Hall–Kier alpha value is -4.47. The number of likely N-dealkylation sites (N-methyl/N-ethyl adjacent to an activating group) is 1. The van der Waals surface area contributed by atoms with Crippen molar-refractivity contribution < 1.29 is 9.53 Å². The fourth-order valence-corrected chi connectivity index (χ4v) is 5.25. The van der Waals surface area contributed by atoms with Crippen molar-refractivity contribution in [1.82, 2.24) is 34.5 Å². The van der Waals surface area contributed by atoms with Crippen LogP contribution in [0.4, 0.5) is 0 Å². The highest BCUT2D eigenvalue weighted by Crippen LogP contribution is 2.32. The van der Waals surface area contributed by atoms with Gasteiger partial charge in [0.25, 0.3) is 0 Å². The number of benzene rings is 2. The highest BCUT2D eigenvalue weighted by atomic mass is 16.5. The number of ether oxygens (including phenoxy) is 1. The van der Waals surface area contributed by atoms with Crippen LogP contribution in [0.2, 0.25) is 0 Å². The fourth-order valence-electron chi connectivity index (χ4n) is 5.25. The third-order valence-electron chi connectivity index (χ3n) is 7.97. The maximum absolute atomic E-state index is 13.3. The topological polar surface area (TPSA) is 89.3 Å². The Morgan fingerprint density at radius 1 is 0.905 bits per heavy atom. The number of fused-ring (bicyclic) bond motifs is 1. The van der Waals surface area contributed by atoms with Crippen LogP contribution in [0.3, 0.4) is 0 Å². The summed E-state index contributed by atoms with van der Waals surface area (Å²) >= 11 is 0. The number of carbonyl (C=O) groups is 1. The van der Waals surface area contributed by atoms with Gasteiger partial charge in [0, 0.05) is 69.7 Å². The van der Waals surface area contributed by atoms with Crippen molar-refractivity contribution in [2.24, 2.45) is 7.05 Å². The molecule has 0 saturated carbocycles. The zero-order valence-electron chi connectivity index (χ0n) is 24.5. The van der Waals surface area contributed by atoms with E-state index >= 15 is 0 Å². The molecule has 0 bridgehead atoms. The van der Waals surface area contributed by atoms with Crippen LogP contribution in [0.5, 0.6) is 11.6 Å². The lowest BCUT2D eigenvalue weighted by molar-refractivity contribution is 0.0993. The second-order valence-electron chi connectivity index (χ2n) is 11.1. The smallest absolute Gasteiger partial charge is 0.234 e. The molecule has 0 amide bonds. The van der Waals surface area contributed by atoms with E-state index in [9.17, 15) is 4.79 Å². The third kappa shape index (κ3) is 5.93. The van der Waals surface area contributed by atoms with Crippen LogP contribution in [0.1, 0.15) is 32.6 Å². The lowest BCUT2D eigenvalue weighted by atomic mass is 9.98. The van der Waals surface area contributed by atoms with E-state index < -0.39 is 0 Å². The largest absolute Gasteiger partial charge is 0.438 e. The van der Waals surface area contributed by atoms with Crippen LogP contribution < -0.4 is 4.74 Å². The SMILES string of the molecule is Cc1cc(C(=O)Cc2ccc(C)c(Oc3nc(-c4ccncc4)nc4c3cnn4C)c2)ccc1CN1CCN(C)CC1. The number of nitrogens with zero attached hydrogens (tertiary/aromatic N) is 7. The van der Waals surface area contributed by atoms with Crippen molar-refractivity contribution in [1.29, 1.82) is 0 Å². The number of rotatable bonds is 8. The highest BCUT2D eigenvalue weighted by molar-refractivity contribution is 5.97. The predicted octanol–water partition coefficient (Wildman–Crippen LogP) is 5.01. The minimum Gasteiger partial charge on any atom is -0.438 e. The van der Waals surface area contributed by atoms with E-state index in [1.165, 1.54) is 5.56 Å². The summed E-state index contributed by atoms with van der Waals surface area (Å²) in [5, 5.41) is 5.08. The quantitative estimate of drug-likeness (QED) is 0.245. The van der Waals surface area contributed by atoms with E-state index in [1.54, 1.807) is 23.3 Å². The highest BCUT2D eigenvalue weighted by Gasteiger charge is 2.18. The van der Waals surface area contributed by atoms with Gasteiger partial charge in [-0.2, -0.15) is 10.1 Å². The van der Waals surface area contributed by atoms with Gasteiger partial charge in [0.2, 0.25) is 5.88 Å². The predicted molar refractivity (Wildman–Crippen MR) is 163 cm³/mol. The van der Waals surface area contributed by atoms with Gasteiger partial charge < -0.3 is 9.64 Å². The van der Waals surface area contributed by atoms with Gasteiger partial charge >= 0.3 is 0 Å². The van der Waals surface area contributed by atoms with E-state index in [1.807, 2.05) is 56.4 Å². The van der Waals surface area contributed by atoms with Crippen molar-refractivity contribution in [3.63, 3.8) is 0 Å². The molecule has 0 N–H and O–H groups in total. The zero-order valence-corrected chi connectivity index (χ0v) is 24.5. The van der Waals surface area contributed by atoms with Crippen LogP contribution in [-0.2, 0) is 20.0 Å². The zero-order chi connectivity index (χ0) is 29.2. The molecule has 1 aliphatic rings. The molecule has 6 rings (SSSR count). The lowest BCUT2D eigenvalue weighted by Crippen LogP contribution is -2.43. The summed E-state index contributed by atoms with van der Waals surface area (Å²) in [4.78, 5) is 31.7. The minimum absolute atomic E-state index is 0.0794. The molecular formula is C33H35N7O2. The van der Waals surface area contributed by atoms with Crippen LogP contribution >= 0.6 is 0 Å². The number of aromatic nitrogens is 5. The van der Waals surface area contributed by atoms with Crippen molar-refractivity contribution in [2.75, 3.05) is 33.2 Å². The van der Waals surface area contributed by atoms with Gasteiger partial charge in [-0.1, -0.05) is 24.3 Å². The van der Waals surface area contributed by atoms with E-state index in [2.05, 4.69) is 39.9 Å². The number of piperazine rings is 1. The Morgan fingerprint density at radius 2 is 1.69 bits per heavy atom. The van der Waals surface area contributed by atoms with Crippen LogP contribution in [-0.4, -0.2) is 73.5 Å². The Balaban J connectivity index is 1.21. The van der Waals surface area contributed by atoms with Crippen LogP contribution in [0.15, 0.2) is 67.1 Å². The average Bonchev–Trinajstić information content (AvgIpc) is 3.38. The molecule has 0 atom stereocenters. The molecule has 0 aliphatic carbocycles. The molecule has 1 aliphatic heterocycles. The summed E-state index contributed by atoms with van der Waals surface area (Å²) in [6.07, 6.45) is 5.40. The molecule has 4 heterocycles. The van der Waals surface area contributed by atoms with Crippen LogP contribution in [0, 0.1) is 13.8 Å². The normalized spacial score (nSPS) is 14.4. The van der Waals surface area contributed by atoms with Crippen molar-refractivity contribution >= 4 is 16.8 Å². The number of aryl methyl sites for hydroxylation is 3. The molecule has 42 heavy (non-hydrogen) atoms. The summed E-state index contributed by atoms with van der Waals surface area (Å²) in [5.41, 5.74) is 6.48. The number of pyridine rings is 1. The first-order valence-corrected chi connectivity index (χ1v) is 14.2. The average molecular weight is 562 g/mol. The molecule has 214 valence electrons. The summed E-state index contributed by atoms with van der Waals surface area (Å²) in [7, 11) is 4.01. The molecule has 0 spiro atoms. The molecule has 2 aromatic carbocycles. The van der Waals surface area contributed by atoms with Gasteiger partial charge in [0.1, 0.15) is 11.1 Å². The molecular weight excluding hydrogens is 526 g/mol. The minimum atomic E-state index is 0.0794. The van der Waals surface area contributed by atoms with E-state index in [4.69, 9.17) is 14.7 Å². The maximum atomic E-state index is 13.3. The fraction of sp³-hybridized carbons (Fsp3) is 0.303. The maximum Gasteiger partial charge on any atom is 0.234 e. The first-order chi connectivity index (χ1) is 20.3. The first-order valence-electron chi connectivity index (χ1n) is 14.2. The number of Topliss-reactive ketones (excluding diaryl/α,β-unsaturated/α-hetero) is 1. The summed E-state index contributed by atoms with van der Waals surface area (Å²) in [5.74, 6) is 1.66. The number of carbonyl (C=O) groups excluding carboxylic acids is 1. The molecule has 0 radical (unpaired) electrons. The molecule has 1 saturated heterocycles. The van der Waals surface area contributed by atoms with E-state index in [0.717, 1.165) is 60.5 Å². The molecule has 0 unspecified atom stereocenters. The molecule has 9 heteroatoms. The lowest BCUT2D eigenvalue weighted by Gasteiger charge is -2.32. The Kier molecular flexibility index (Phi) is 7.78. The first kappa shape index (κ1) is 27.7. The van der Waals surface area contributed by atoms with E-state index in [-0.39, 0.29) is 12.2 Å². The summed E-state index contributed by atoms with van der Waals surface area (Å²) in [6.45, 7) is 9.32. The van der Waals surface area contributed by atoms with Crippen molar-refractivity contribution in [3.8, 4) is 23.0 Å². The molecule has 1 fully saturated rings. The van der Waals surface area contributed by atoms with Gasteiger partial charge in [-0.3, -0.25) is 19.4 Å². The second kappa shape index (κ2) is 11.8. The van der Waals surface area contributed by atoms with Gasteiger partial charge in [-0.25, -0.2) is 4.98 Å². The third-order valence-corrected chi connectivity index (χ3v) is 7.97. The number of hydrogen-bond donors (Lipinski definition) is 0. The van der Waals surface area contributed by atoms with Crippen LogP contribution in [0.25, 0.3) is 22.4 Å².